The summed E-state index contributed by atoms with van der Waals surface area (Å²) in [4.78, 5) is 13.2. The van der Waals surface area contributed by atoms with Gasteiger partial charge in [-0.2, -0.15) is 0 Å². The minimum Gasteiger partial charge on any atom is -0.493 e. The monoisotopic (exact) mass is 345 g/mol. The van der Waals surface area contributed by atoms with Gasteiger partial charge >= 0.3 is 0 Å². The maximum absolute atomic E-state index is 12.1. The Labute approximate surface area is 147 Å². The molecule has 0 saturated carbocycles. The van der Waals surface area contributed by atoms with E-state index in [-0.39, 0.29) is 5.91 Å². The van der Waals surface area contributed by atoms with Crippen molar-refractivity contribution in [3.05, 3.63) is 53.1 Å². The zero-order valence-corrected chi connectivity index (χ0v) is 15.3. The molecule has 0 aliphatic heterocycles. The van der Waals surface area contributed by atoms with Crippen molar-refractivity contribution >= 4 is 17.7 Å². The molecule has 0 unspecified atom stereocenters. The molecule has 2 aromatic carbocycles. The maximum atomic E-state index is 12.1. The van der Waals surface area contributed by atoms with Crippen LogP contribution in [0.25, 0.3) is 0 Å². The van der Waals surface area contributed by atoms with E-state index in [0.29, 0.717) is 23.8 Å². The number of rotatable bonds is 7. The third-order valence-electron chi connectivity index (χ3n) is 3.63. The van der Waals surface area contributed by atoms with Gasteiger partial charge in [0.2, 0.25) is 5.91 Å². The van der Waals surface area contributed by atoms with Crippen LogP contribution in [0.3, 0.4) is 0 Å². The largest absolute Gasteiger partial charge is 0.493 e. The second-order valence-corrected chi connectivity index (χ2v) is 6.54. The lowest BCUT2D eigenvalue weighted by Crippen LogP contribution is -2.24. The molecule has 0 aromatic heterocycles. The normalized spacial score (nSPS) is 10.3. The van der Waals surface area contributed by atoms with Crippen molar-refractivity contribution < 1.29 is 14.3 Å². The highest BCUT2D eigenvalue weighted by atomic mass is 32.2. The highest BCUT2D eigenvalue weighted by molar-refractivity contribution is 8.00. The van der Waals surface area contributed by atoms with Gasteiger partial charge in [-0.1, -0.05) is 23.8 Å². The predicted molar refractivity (Wildman–Crippen MR) is 98.0 cm³/mol. The Hall–Kier alpha value is -2.14. The Kier molecular flexibility index (Phi) is 6.55. The zero-order chi connectivity index (χ0) is 17.5. The van der Waals surface area contributed by atoms with Crippen molar-refractivity contribution in [2.45, 2.75) is 25.3 Å². The third-order valence-corrected chi connectivity index (χ3v) is 4.80. The molecule has 0 aliphatic rings. The first-order chi connectivity index (χ1) is 11.5. The number of methoxy groups -OCH3 is 2. The molecule has 0 bridgehead atoms. The zero-order valence-electron chi connectivity index (χ0n) is 14.5. The van der Waals surface area contributed by atoms with E-state index in [1.807, 2.05) is 18.2 Å². The first-order valence-electron chi connectivity index (χ1n) is 7.71. The molecule has 0 saturated heterocycles. The maximum Gasteiger partial charge on any atom is 0.230 e. The van der Waals surface area contributed by atoms with Gasteiger partial charge in [-0.15, -0.1) is 11.8 Å². The molecule has 1 amide bonds. The van der Waals surface area contributed by atoms with Crippen LogP contribution < -0.4 is 14.8 Å². The molecule has 4 nitrogen and oxygen atoms in total. The lowest BCUT2D eigenvalue weighted by Gasteiger charge is -2.11. The number of carbonyl (C=O) groups excluding carboxylic acids is 1. The minimum absolute atomic E-state index is 0.00904. The minimum atomic E-state index is 0.00904. The van der Waals surface area contributed by atoms with Gasteiger partial charge in [0.15, 0.2) is 11.5 Å². The van der Waals surface area contributed by atoms with Crippen molar-refractivity contribution in [1.82, 2.24) is 5.32 Å². The van der Waals surface area contributed by atoms with Crippen molar-refractivity contribution in [2.24, 2.45) is 0 Å². The molecule has 0 spiro atoms. The van der Waals surface area contributed by atoms with Crippen LogP contribution in [0.4, 0.5) is 0 Å². The summed E-state index contributed by atoms with van der Waals surface area (Å²) in [7, 11) is 3.20. The Morgan fingerprint density at radius 1 is 1.04 bits per heavy atom. The van der Waals surface area contributed by atoms with Gasteiger partial charge in [0.25, 0.3) is 0 Å². The quantitative estimate of drug-likeness (QED) is 0.777. The van der Waals surface area contributed by atoms with Gasteiger partial charge in [0, 0.05) is 11.4 Å². The Bertz CT molecular complexity index is 716. The van der Waals surface area contributed by atoms with Crippen LogP contribution in [0, 0.1) is 13.8 Å². The molecule has 1 N–H and O–H groups in total. The molecule has 2 rings (SSSR count). The van der Waals surface area contributed by atoms with E-state index >= 15 is 0 Å². The van der Waals surface area contributed by atoms with Crippen molar-refractivity contribution in [3.8, 4) is 11.5 Å². The molecule has 128 valence electrons. The topological polar surface area (TPSA) is 47.6 Å². The van der Waals surface area contributed by atoms with E-state index in [0.717, 1.165) is 10.5 Å². The summed E-state index contributed by atoms with van der Waals surface area (Å²) in [5.41, 5.74) is 3.40. The number of ether oxygens (including phenoxy) is 2. The molecule has 0 heterocycles. The van der Waals surface area contributed by atoms with Crippen LogP contribution in [0.1, 0.15) is 16.7 Å². The first-order valence-corrected chi connectivity index (χ1v) is 8.69. The van der Waals surface area contributed by atoms with E-state index in [1.165, 1.54) is 11.1 Å². The van der Waals surface area contributed by atoms with Crippen LogP contribution in [0.15, 0.2) is 41.3 Å². The summed E-state index contributed by atoms with van der Waals surface area (Å²) in [5, 5.41) is 2.93. The first kappa shape index (κ1) is 18.2. The van der Waals surface area contributed by atoms with Gasteiger partial charge < -0.3 is 14.8 Å². The van der Waals surface area contributed by atoms with E-state index in [1.54, 1.807) is 26.0 Å². The van der Waals surface area contributed by atoms with Gasteiger partial charge in [-0.05, 0) is 43.2 Å². The van der Waals surface area contributed by atoms with Gasteiger partial charge in [0.05, 0.1) is 20.0 Å². The van der Waals surface area contributed by atoms with Crippen LogP contribution in [0.2, 0.25) is 0 Å². The number of benzene rings is 2. The number of thioether (sulfide) groups is 1. The summed E-state index contributed by atoms with van der Waals surface area (Å²) in [6, 6.07) is 11.9. The second-order valence-electron chi connectivity index (χ2n) is 5.52. The fourth-order valence-corrected chi connectivity index (χ4v) is 3.19. The molecule has 0 aliphatic carbocycles. The molecule has 0 fully saturated rings. The Morgan fingerprint density at radius 2 is 1.79 bits per heavy atom. The summed E-state index contributed by atoms with van der Waals surface area (Å²) < 4.78 is 10.5. The van der Waals surface area contributed by atoms with E-state index in [2.05, 4.69) is 37.4 Å². The van der Waals surface area contributed by atoms with E-state index in [9.17, 15) is 4.79 Å². The predicted octanol–water partition coefficient (Wildman–Crippen LogP) is 3.73. The standard InChI is InChI=1S/C19H23NO3S/c1-13-5-8-18(14(2)9-13)24-12-19(21)20-11-15-6-7-16(22-3)17(10-15)23-4/h5-10H,11-12H2,1-4H3,(H,20,21). The fourth-order valence-electron chi connectivity index (χ4n) is 2.35. The fraction of sp³-hybridized carbons (Fsp3) is 0.316. The SMILES string of the molecule is COc1ccc(CNC(=O)CSc2ccc(C)cc2C)cc1OC. The Balaban J connectivity index is 1.87. The van der Waals surface area contributed by atoms with Crippen molar-refractivity contribution in [3.63, 3.8) is 0 Å². The summed E-state index contributed by atoms with van der Waals surface area (Å²) >= 11 is 1.56. The summed E-state index contributed by atoms with van der Waals surface area (Å²) in [6.07, 6.45) is 0. The number of aryl methyl sites for hydroxylation is 2. The molecule has 24 heavy (non-hydrogen) atoms. The summed E-state index contributed by atoms with van der Waals surface area (Å²) in [5.74, 6) is 1.75. The lowest BCUT2D eigenvalue weighted by atomic mass is 10.2. The van der Waals surface area contributed by atoms with E-state index < -0.39 is 0 Å². The van der Waals surface area contributed by atoms with Gasteiger partial charge in [-0.25, -0.2) is 0 Å². The van der Waals surface area contributed by atoms with Gasteiger partial charge in [0.1, 0.15) is 0 Å². The van der Waals surface area contributed by atoms with Crippen molar-refractivity contribution in [2.75, 3.05) is 20.0 Å². The van der Waals surface area contributed by atoms with Crippen LogP contribution in [-0.2, 0) is 11.3 Å². The molecule has 2 aromatic rings. The third kappa shape index (κ3) is 4.93. The number of hydrogen-bond acceptors (Lipinski definition) is 4. The molecule has 5 heteroatoms. The average molecular weight is 345 g/mol. The highest BCUT2D eigenvalue weighted by Crippen LogP contribution is 2.27. The molecule has 0 atom stereocenters. The Morgan fingerprint density at radius 3 is 2.46 bits per heavy atom. The number of nitrogens with one attached hydrogen (secondary N) is 1. The van der Waals surface area contributed by atoms with Gasteiger partial charge in [-0.3, -0.25) is 4.79 Å². The highest BCUT2D eigenvalue weighted by Gasteiger charge is 2.07. The van der Waals surface area contributed by atoms with Crippen molar-refractivity contribution in [1.29, 1.82) is 0 Å². The number of hydrogen-bond donors (Lipinski definition) is 1. The van der Waals surface area contributed by atoms with E-state index in [4.69, 9.17) is 9.47 Å². The van der Waals surface area contributed by atoms with Crippen LogP contribution >= 0.6 is 11.8 Å². The van der Waals surface area contributed by atoms with Crippen LogP contribution in [0.5, 0.6) is 11.5 Å². The smallest absolute Gasteiger partial charge is 0.230 e. The summed E-state index contributed by atoms with van der Waals surface area (Å²) in [6.45, 7) is 4.60. The van der Waals surface area contributed by atoms with Crippen LogP contribution in [-0.4, -0.2) is 25.9 Å². The average Bonchev–Trinajstić information content (AvgIpc) is 2.58. The lowest BCUT2D eigenvalue weighted by molar-refractivity contribution is -0.118. The number of carbonyl (C=O) groups is 1. The second kappa shape index (κ2) is 8.64. The number of amides is 1. The molecular weight excluding hydrogens is 322 g/mol. The molecule has 0 radical (unpaired) electrons. The molecular formula is C19H23NO3S.